The number of rotatable bonds is 4. The minimum absolute atomic E-state index is 0.0124. The minimum atomic E-state index is 0.0124. The van der Waals surface area contributed by atoms with Gasteiger partial charge in [-0.05, 0) is 24.6 Å². The Morgan fingerprint density at radius 3 is 3.06 bits per heavy atom. The van der Waals surface area contributed by atoms with Crippen molar-refractivity contribution < 1.29 is 4.79 Å². The van der Waals surface area contributed by atoms with Crippen LogP contribution in [-0.2, 0) is 4.79 Å². The first-order chi connectivity index (χ1) is 8.25. The summed E-state index contributed by atoms with van der Waals surface area (Å²) in [5.74, 6) is 0.0124. The zero-order valence-corrected chi connectivity index (χ0v) is 10.5. The molecule has 1 amide bonds. The van der Waals surface area contributed by atoms with Crippen LogP contribution in [0.5, 0.6) is 0 Å². The van der Waals surface area contributed by atoms with E-state index in [4.69, 9.17) is 0 Å². The molecule has 3 nitrogen and oxygen atoms in total. The SMILES string of the molecule is CC(=O)NCCC=Cc1nc2ccccc2s1. The third-order valence-corrected chi connectivity index (χ3v) is 3.26. The number of fused-ring (bicyclic) bond motifs is 1. The van der Waals surface area contributed by atoms with Gasteiger partial charge < -0.3 is 5.32 Å². The van der Waals surface area contributed by atoms with E-state index in [1.807, 2.05) is 30.4 Å². The molecule has 4 heteroatoms. The Balaban J connectivity index is 1.94. The van der Waals surface area contributed by atoms with Crippen molar-refractivity contribution in [3.05, 3.63) is 35.3 Å². The highest BCUT2D eigenvalue weighted by Gasteiger charge is 1.98. The van der Waals surface area contributed by atoms with E-state index in [0.717, 1.165) is 16.9 Å². The summed E-state index contributed by atoms with van der Waals surface area (Å²) in [5.41, 5.74) is 1.04. The molecule has 1 heterocycles. The van der Waals surface area contributed by atoms with Crippen molar-refractivity contribution in [2.45, 2.75) is 13.3 Å². The lowest BCUT2D eigenvalue weighted by Gasteiger charge is -1.95. The Labute approximate surface area is 104 Å². The maximum Gasteiger partial charge on any atom is 0.216 e. The number of hydrogen-bond acceptors (Lipinski definition) is 3. The number of aromatic nitrogens is 1. The van der Waals surface area contributed by atoms with Crippen LogP contribution in [0.15, 0.2) is 30.3 Å². The summed E-state index contributed by atoms with van der Waals surface area (Å²) in [5, 5.41) is 3.76. The molecule has 0 aliphatic carbocycles. The molecule has 0 fully saturated rings. The van der Waals surface area contributed by atoms with Gasteiger partial charge in [0.1, 0.15) is 5.01 Å². The monoisotopic (exact) mass is 246 g/mol. The number of amides is 1. The fourth-order valence-corrected chi connectivity index (χ4v) is 2.38. The fourth-order valence-electron chi connectivity index (χ4n) is 1.48. The zero-order chi connectivity index (χ0) is 12.1. The van der Waals surface area contributed by atoms with Gasteiger partial charge in [0, 0.05) is 13.5 Å². The van der Waals surface area contributed by atoms with Gasteiger partial charge in [0.15, 0.2) is 0 Å². The maximum atomic E-state index is 10.6. The van der Waals surface area contributed by atoms with E-state index in [0.29, 0.717) is 6.54 Å². The van der Waals surface area contributed by atoms with E-state index in [2.05, 4.69) is 16.4 Å². The standard InChI is InChI=1S/C13H14N2OS/c1-10(16)14-9-5-4-8-13-15-11-6-2-3-7-12(11)17-13/h2-4,6-8H,5,9H2,1H3,(H,14,16). The summed E-state index contributed by atoms with van der Waals surface area (Å²) in [4.78, 5) is 15.1. The maximum absolute atomic E-state index is 10.6. The predicted octanol–water partition coefficient (Wildman–Crippen LogP) is 2.84. The average molecular weight is 246 g/mol. The molecule has 0 spiro atoms. The summed E-state index contributed by atoms with van der Waals surface area (Å²) in [6, 6.07) is 8.10. The molecule has 1 aromatic carbocycles. The number of hydrogen-bond donors (Lipinski definition) is 1. The van der Waals surface area contributed by atoms with Crippen LogP contribution in [0.4, 0.5) is 0 Å². The topological polar surface area (TPSA) is 42.0 Å². The van der Waals surface area contributed by atoms with Crippen LogP contribution in [0.1, 0.15) is 18.4 Å². The van der Waals surface area contributed by atoms with E-state index >= 15 is 0 Å². The van der Waals surface area contributed by atoms with Crippen molar-refractivity contribution in [3.63, 3.8) is 0 Å². The van der Waals surface area contributed by atoms with E-state index in [1.165, 1.54) is 11.6 Å². The second kappa shape index (κ2) is 5.59. The Bertz CT molecular complexity index is 512. The van der Waals surface area contributed by atoms with Crippen LogP contribution in [0, 0.1) is 0 Å². The van der Waals surface area contributed by atoms with Crippen molar-refractivity contribution in [3.8, 4) is 0 Å². The predicted molar refractivity (Wildman–Crippen MR) is 72.0 cm³/mol. The third kappa shape index (κ3) is 3.39. The largest absolute Gasteiger partial charge is 0.356 e. The van der Waals surface area contributed by atoms with E-state index in [9.17, 15) is 4.79 Å². The van der Waals surface area contributed by atoms with Gasteiger partial charge in [0.2, 0.25) is 5.91 Å². The normalized spacial score (nSPS) is 11.1. The molecule has 17 heavy (non-hydrogen) atoms. The summed E-state index contributed by atoms with van der Waals surface area (Å²) < 4.78 is 1.20. The lowest BCUT2D eigenvalue weighted by Crippen LogP contribution is -2.20. The third-order valence-electron chi connectivity index (χ3n) is 2.26. The first-order valence-electron chi connectivity index (χ1n) is 5.52. The van der Waals surface area contributed by atoms with Gasteiger partial charge >= 0.3 is 0 Å². The lowest BCUT2D eigenvalue weighted by molar-refractivity contribution is -0.118. The van der Waals surface area contributed by atoms with Crippen molar-refractivity contribution in [1.29, 1.82) is 0 Å². The quantitative estimate of drug-likeness (QED) is 0.843. The van der Waals surface area contributed by atoms with Crippen LogP contribution in [0.3, 0.4) is 0 Å². The van der Waals surface area contributed by atoms with E-state index in [-0.39, 0.29) is 5.91 Å². The van der Waals surface area contributed by atoms with Crippen molar-refractivity contribution >= 4 is 33.5 Å². The number of carbonyl (C=O) groups excluding carboxylic acids is 1. The summed E-state index contributed by atoms with van der Waals surface area (Å²) in [7, 11) is 0. The number of carbonyl (C=O) groups is 1. The number of nitrogens with zero attached hydrogens (tertiary/aromatic N) is 1. The first-order valence-corrected chi connectivity index (χ1v) is 6.34. The molecule has 0 radical (unpaired) electrons. The zero-order valence-electron chi connectivity index (χ0n) is 9.64. The van der Waals surface area contributed by atoms with Gasteiger partial charge in [-0.25, -0.2) is 4.98 Å². The Morgan fingerprint density at radius 2 is 2.29 bits per heavy atom. The molecule has 1 aromatic heterocycles. The Kier molecular flexibility index (Phi) is 3.88. The van der Waals surface area contributed by atoms with Gasteiger partial charge in [0.25, 0.3) is 0 Å². The van der Waals surface area contributed by atoms with Crippen LogP contribution < -0.4 is 5.32 Å². The van der Waals surface area contributed by atoms with Gasteiger partial charge in [0.05, 0.1) is 10.2 Å². The van der Waals surface area contributed by atoms with E-state index in [1.54, 1.807) is 11.3 Å². The molecule has 0 bridgehead atoms. The molecular formula is C13H14N2OS. The molecule has 2 rings (SSSR count). The molecule has 0 aliphatic heterocycles. The number of benzene rings is 1. The van der Waals surface area contributed by atoms with Gasteiger partial charge in [-0.2, -0.15) is 0 Å². The Morgan fingerprint density at radius 1 is 1.47 bits per heavy atom. The molecule has 1 N–H and O–H groups in total. The second-order valence-electron chi connectivity index (χ2n) is 3.69. The second-order valence-corrected chi connectivity index (χ2v) is 4.76. The molecular weight excluding hydrogens is 232 g/mol. The van der Waals surface area contributed by atoms with Crippen LogP contribution in [0.25, 0.3) is 16.3 Å². The number of thiazole rings is 1. The van der Waals surface area contributed by atoms with Crippen LogP contribution >= 0.6 is 11.3 Å². The highest BCUT2D eigenvalue weighted by Crippen LogP contribution is 2.22. The smallest absolute Gasteiger partial charge is 0.216 e. The van der Waals surface area contributed by atoms with Gasteiger partial charge in [-0.15, -0.1) is 11.3 Å². The van der Waals surface area contributed by atoms with Crippen molar-refractivity contribution in [2.75, 3.05) is 6.54 Å². The molecule has 0 saturated heterocycles. The number of para-hydroxylation sites is 1. The van der Waals surface area contributed by atoms with E-state index < -0.39 is 0 Å². The summed E-state index contributed by atoms with van der Waals surface area (Å²) in [6.45, 7) is 2.20. The molecule has 0 saturated carbocycles. The Hall–Kier alpha value is -1.68. The minimum Gasteiger partial charge on any atom is -0.356 e. The van der Waals surface area contributed by atoms with Crippen LogP contribution in [-0.4, -0.2) is 17.4 Å². The summed E-state index contributed by atoms with van der Waals surface area (Å²) >= 11 is 1.68. The number of nitrogens with one attached hydrogen (secondary N) is 1. The molecule has 88 valence electrons. The highest BCUT2D eigenvalue weighted by molar-refractivity contribution is 7.19. The van der Waals surface area contributed by atoms with Crippen molar-refractivity contribution in [1.82, 2.24) is 10.3 Å². The fraction of sp³-hybridized carbons (Fsp3) is 0.231. The van der Waals surface area contributed by atoms with Gasteiger partial charge in [-0.1, -0.05) is 18.2 Å². The highest BCUT2D eigenvalue weighted by atomic mass is 32.1. The van der Waals surface area contributed by atoms with Crippen molar-refractivity contribution in [2.24, 2.45) is 0 Å². The average Bonchev–Trinajstić information content (AvgIpc) is 2.70. The molecule has 0 unspecified atom stereocenters. The van der Waals surface area contributed by atoms with Crippen LogP contribution in [0.2, 0.25) is 0 Å². The van der Waals surface area contributed by atoms with Gasteiger partial charge in [-0.3, -0.25) is 4.79 Å². The first kappa shape index (κ1) is 11.8. The summed E-state index contributed by atoms with van der Waals surface area (Å²) in [6.07, 6.45) is 4.87. The lowest BCUT2D eigenvalue weighted by atomic mass is 10.3. The molecule has 2 aromatic rings. The molecule has 0 atom stereocenters. The molecule has 0 aliphatic rings.